The highest BCUT2D eigenvalue weighted by molar-refractivity contribution is 8.00. The van der Waals surface area contributed by atoms with Gasteiger partial charge in [-0.25, -0.2) is 13.8 Å². The number of rotatable bonds is 10. The fourth-order valence-electron chi connectivity index (χ4n) is 3.07. The third-order valence-corrected chi connectivity index (χ3v) is 7.10. The second-order valence-corrected chi connectivity index (χ2v) is 10.2. The lowest BCUT2D eigenvalue weighted by molar-refractivity contribution is -0.121. The number of amides is 1. The van der Waals surface area contributed by atoms with Gasteiger partial charge in [0.25, 0.3) is 5.91 Å². The van der Waals surface area contributed by atoms with Crippen molar-refractivity contribution in [2.45, 2.75) is 26.0 Å². The molecule has 0 unspecified atom stereocenters. The molecule has 1 aliphatic heterocycles. The van der Waals surface area contributed by atoms with Gasteiger partial charge in [-0.05, 0) is 55.8 Å². The molecule has 1 saturated heterocycles. The highest BCUT2D eigenvalue weighted by atomic mass is 32.2. The van der Waals surface area contributed by atoms with E-state index >= 15 is 0 Å². The van der Waals surface area contributed by atoms with E-state index in [4.69, 9.17) is 9.47 Å². The first-order chi connectivity index (χ1) is 15.3. The minimum atomic E-state index is -3.72. The summed E-state index contributed by atoms with van der Waals surface area (Å²) in [5.41, 5.74) is 3.54. The molecule has 0 saturated carbocycles. The number of carbonyl (C=O) groups is 1. The van der Waals surface area contributed by atoms with E-state index in [1.54, 1.807) is 24.3 Å². The number of sulfonamides is 1. The molecule has 1 fully saturated rings. The molecule has 0 bridgehead atoms. The minimum absolute atomic E-state index is 0.234. The van der Waals surface area contributed by atoms with E-state index in [0.717, 1.165) is 33.4 Å². The van der Waals surface area contributed by atoms with Gasteiger partial charge in [-0.15, -0.1) is 0 Å². The van der Waals surface area contributed by atoms with Crippen molar-refractivity contribution < 1.29 is 22.7 Å². The Morgan fingerprint density at radius 2 is 1.97 bits per heavy atom. The van der Waals surface area contributed by atoms with Crippen molar-refractivity contribution in [2.75, 3.05) is 28.7 Å². The maximum atomic E-state index is 12.6. The van der Waals surface area contributed by atoms with Crippen LogP contribution in [0.5, 0.6) is 11.5 Å². The van der Waals surface area contributed by atoms with Crippen LogP contribution < -0.4 is 19.2 Å². The largest absolute Gasteiger partial charge is 0.494 e. The average molecular weight is 478 g/mol. The van der Waals surface area contributed by atoms with E-state index in [2.05, 4.69) is 10.5 Å². The van der Waals surface area contributed by atoms with Crippen molar-refractivity contribution in [3.8, 4) is 11.5 Å². The van der Waals surface area contributed by atoms with E-state index in [1.165, 1.54) is 13.1 Å². The Bertz CT molecular complexity index is 1050. The van der Waals surface area contributed by atoms with Gasteiger partial charge in [-0.3, -0.25) is 9.10 Å². The second kappa shape index (κ2) is 10.7. The summed E-state index contributed by atoms with van der Waals surface area (Å²) in [6.07, 6.45) is 2.79. The number of benzene rings is 2. The summed E-state index contributed by atoms with van der Waals surface area (Å²) in [5.74, 6) is 2.78. The Labute approximate surface area is 193 Å². The molecule has 0 aromatic heterocycles. The highest BCUT2D eigenvalue weighted by Crippen LogP contribution is 2.25. The zero-order chi connectivity index (χ0) is 23.1. The van der Waals surface area contributed by atoms with Crippen LogP contribution in [0.2, 0.25) is 0 Å². The van der Waals surface area contributed by atoms with Gasteiger partial charge in [-0.1, -0.05) is 12.1 Å². The number of ether oxygens (including phenoxy) is 2. The Morgan fingerprint density at radius 1 is 1.25 bits per heavy atom. The predicted octanol–water partition coefficient (Wildman–Crippen LogP) is 2.88. The third kappa shape index (κ3) is 6.39. The first kappa shape index (κ1) is 23.9. The van der Waals surface area contributed by atoms with E-state index < -0.39 is 22.0 Å². The van der Waals surface area contributed by atoms with E-state index in [1.807, 2.05) is 43.0 Å². The topological polar surface area (TPSA) is 97.3 Å². The molecule has 1 atom stereocenters. The van der Waals surface area contributed by atoms with Gasteiger partial charge in [0.1, 0.15) is 23.6 Å². The standard InChI is InChI=1S/C22H27N3O5S2/c1-4-29-19-10-8-18(9-11-19)25(32(3,27)28)16(2)22(26)24-23-13-17-6-5-7-20(12-17)30-21-14-31-15-21/h5-13,16,21H,4,14-15H2,1-3H3,(H,24,26)/b23-13-/t16-/m0/s1. The van der Waals surface area contributed by atoms with Crippen molar-refractivity contribution in [3.05, 3.63) is 54.1 Å². The fourth-order valence-corrected chi connectivity index (χ4v) is 4.81. The number of nitrogens with one attached hydrogen (secondary N) is 1. The second-order valence-electron chi connectivity index (χ2n) is 7.25. The Morgan fingerprint density at radius 3 is 2.56 bits per heavy atom. The van der Waals surface area contributed by atoms with Gasteiger partial charge < -0.3 is 9.47 Å². The number of hydrazone groups is 1. The number of hydrogen-bond acceptors (Lipinski definition) is 7. The van der Waals surface area contributed by atoms with Crippen LogP contribution in [-0.4, -0.2) is 57.1 Å². The first-order valence-electron chi connectivity index (χ1n) is 10.2. The molecule has 2 aromatic rings. The van der Waals surface area contributed by atoms with E-state index in [-0.39, 0.29) is 6.10 Å². The molecule has 1 heterocycles. The predicted molar refractivity (Wildman–Crippen MR) is 128 cm³/mol. The van der Waals surface area contributed by atoms with Gasteiger partial charge in [0.2, 0.25) is 10.0 Å². The van der Waals surface area contributed by atoms with Crippen LogP contribution in [0.15, 0.2) is 53.6 Å². The number of nitrogens with zero attached hydrogens (tertiary/aromatic N) is 2. The molecule has 10 heteroatoms. The molecular weight excluding hydrogens is 450 g/mol. The smallest absolute Gasteiger partial charge is 0.263 e. The fraction of sp³-hybridized carbons (Fsp3) is 0.364. The Balaban J connectivity index is 1.66. The Kier molecular flexibility index (Phi) is 8.03. The average Bonchev–Trinajstić information content (AvgIpc) is 2.71. The van der Waals surface area contributed by atoms with Crippen molar-refractivity contribution in [3.63, 3.8) is 0 Å². The van der Waals surface area contributed by atoms with Gasteiger partial charge in [0.15, 0.2) is 0 Å². The molecule has 32 heavy (non-hydrogen) atoms. The monoisotopic (exact) mass is 477 g/mol. The lowest BCUT2D eigenvalue weighted by Crippen LogP contribution is -2.46. The van der Waals surface area contributed by atoms with Crippen LogP contribution in [0.3, 0.4) is 0 Å². The van der Waals surface area contributed by atoms with Gasteiger partial charge in [0.05, 0.1) is 24.8 Å². The molecule has 1 N–H and O–H groups in total. The molecule has 8 nitrogen and oxygen atoms in total. The molecular formula is C22H27N3O5S2. The van der Waals surface area contributed by atoms with Crippen molar-refractivity contribution in [1.82, 2.24) is 5.43 Å². The lowest BCUT2D eigenvalue weighted by Gasteiger charge is -2.27. The maximum absolute atomic E-state index is 12.6. The van der Waals surface area contributed by atoms with Gasteiger partial charge >= 0.3 is 0 Å². The maximum Gasteiger partial charge on any atom is 0.263 e. The Hall–Kier alpha value is -2.72. The summed E-state index contributed by atoms with van der Waals surface area (Å²) in [5, 5.41) is 3.99. The van der Waals surface area contributed by atoms with Crippen molar-refractivity contribution in [1.29, 1.82) is 0 Å². The summed E-state index contributed by atoms with van der Waals surface area (Å²) >= 11 is 1.84. The molecule has 1 amide bonds. The summed E-state index contributed by atoms with van der Waals surface area (Å²) in [7, 11) is -3.72. The molecule has 0 radical (unpaired) electrons. The number of hydrogen-bond donors (Lipinski definition) is 1. The van der Waals surface area contributed by atoms with Crippen LogP contribution in [0.4, 0.5) is 5.69 Å². The summed E-state index contributed by atoms with van der Waals surface area (Å²) in [6, 6.07) is 12.9. The first-order valence-corrected chi connectivity index (χ1v) is 13.2. The van der Waals surface area contributed by atoms with Crippen LogP contribution in [0, 0.1) is 0 Å². The van der Waals surface area contributed by atoms with Crippen LogP contribution >= 0.6 is 11.8 Å². The molecule has 3 rings (SSSR count). The zero-order valence-corrected chi connectivity index (χ0v) is 19.9. The molecule has 0 spiro atoms. The molecule has 172 valence electrons. The molecule has 1 aliphatic rings. The summed E-state index contributed by atoms with van der Waals surface area (Å²) in [4.78, 5) is 12.6. The van der Waals surface area contributed by atoms with Crippen molar-refractivity contribution >= 4 is 39.6 Å². The van der Waals surface area contributed by atoms with E-state index in [0.29, 0.717) is 18.0 Å². The normalized spacial score (nSPS) is 15.1. The number of anilines is 1. The SMILES string of the molecule is CCOc1ccc(N([C@@H](C)C(=O)N/N=C\c2cccc(OC3CSC3)c2)S(C)(=O)=O)cc1. The summed E-state index contributed by atoms with van der Waals surface area (Å²) in [6.45, 7) is 3.87. The number of carbonyl (C=O) groups excluding carboxylic acids is 1. The third-order valence-electron chi connectivity index (χ3n) is 4.65. The summed E-state index contributed by atoms with van der Waals surface area (Å²) < 4.78 is 37.1. The number of thioether (sulfide) groups is 1. The molecule has 2 aromatic carbocycles. The highest BCUT2D eigenvalue weighted by Gasteiger charge is 2.29. The van der Waals surface area contributed by atoms with Crippen LogP contribution in [-0.2, 0) is 14.8 Å². The zero-order valence-electron chi connectivity index (χ0n) is 18.2. The quantitative estimate of drug-likeness (QED) is 0.418. The van der Waals surface area contributed by atoms with Crippen LogP contribution in [0.1, 0.15) is 19.4 Å². The van der Waals surface area contributed by atoms with Gasteiger partial charge in [0, 0.05) is 11.5 Å². The van der Waals surface area contributed by atoms with Crippen molar-refractivity contribution in [2.24, 2.45) is 5.10 Å². The minimum Gasteiger partial charge on any atom is -0.494 e. The lowest BCUT2D eigenvalue weighted by atomic mass is 10.2. The van der Waals surface area contributed by atoms with E-state index in [9.17, 15) is 13.2 Å². The van der Waals surface area contributed by atoms with Gasteiger partial charge in [-0.2, -0.15) is 16.9 Å². The van der Waals surface area contributed by atoms with Crippen LogP contribution in [0.25, 0.3) is 0 Å². The molecule has 0 aliphatic carbocycles.